The molecular weight excluding hydrogens is 250 g/mol. The maximum Gasteiger partial charge on any atom is 0.223 e. The molecule has 2 aliphatic rings. The van der Waals surface area contributed by atoms with E-state index in [1.165, 1.54) is 11.1 Å². The third-order valence-corrected chi connectivity index (χ3v) is 4.73. The summed E-state index contributed by atoms with van der Waals surface area (Å²) < 4.78 is 0. The van der Waals surface area contributed by atoms with Crippen molar-refractivity contribution in [3.63, 3.8) is 0 Å². The lowest BCUT2D eigenvalue weighted by molar-refractivity contribution is -0.126. The molecule has 3 nitrogen and oxygen atoms in total. The molecule has 0 radical (unpaired) electrons. The predicted octanol–water partition coefficient (Wildman–Crippen LogP) is 2.88. The first-order valence-electron chi connectivity index (χ1n) is 7.76. The highest BCUT2D eigenvalue weighted by molar-refractivity contribution is 5.77. The number of carbonyl (C=O) groups is 1. The average molecular weight is 273 g/mol. The molecule has 0 spiro atoms. The number of hydrogen-bond donors (Lipinski definition) is 2. The number of carbonyl (C=O) groups excluding carboxylic acids is 1. The van der Waals surface area contributed by atoms with Crippen LogP contribution in [0.25, 0.3) is 0 Å². The van der Waals surface area contributed by atoms with Gasteiger partial charge in [0.2, 0.25) is 5.91 Å². The summed E-state index contributed by atoms with van der Waals surface area (Å²) in [7, 11) is 0. The highest BCUT2D eigenvalue weighted by Gasteiger charge is 2.34. The Balaban J connectivity index is 1.65. The van der Waals surface area contributed by atoms with Crippen LogP contribution in [0.1, 0.15) is 62.1 Å². The summed E-state index contributed by atoms with van der Waals surface area (Å²) in [6, 6.07) is 8.48. The Bertz CT molecular complexity index is 492. The molecule has 1 unspecified atom stereocenters. The number of benzene rings is 1. The molecule has 0 aliphatic heterocycles. The van der Waals surface area contributed by atoms with Gasteiger partial charge in [-0.3, -0.25) is 4.79 Å². The smallest absolute Gasteiger partial charge is 0.223 e. The van der Waals surface area contributed by atoms with Gasteiger partial charge in [0.05, 0.1) is 18.1 Å². The van der Waals surface area contributed by atoms with Gasteiger partial charge in [0.1, 0.15) is 0 Å². The Morgan fingerprint density at radius 1 is 1.25 bits per heavy atom. The molecule has 1 aromatic rings. The van der Waals surface area contributed by atoms with E-state index in [-0.39, 0.29) is 18.4 Å². The van der Waals surface area contributed by atoms with Crippen LogP contribution in [0.4, 0.5) is 0 Å². The first-order chi connectivity index (χ1) is 9.66. The van der Waals surface area contributed by atoms with Crippen LogP contribution in [0, 0.1) is 0 Å². The van der Waals surface area contributed by atoms with Gasteiger partial charge >= 0.3 is 0 Å². The van der Waals surface area contributed by atoms with Gasteiger partial charge in [0.15, 0.2) is 0 Å². The standard InChI is InChI=1S/C17H23NO2/c19-16(12-17(20)10-3-4-11-17)18-15-9-5-7-13-6-1-2-8-14(13)15/h1-2,6,8,15,20H,3-5,7,9-12H2,(H,18,19). The van der Waals surface area contributed by atoms with Crippen LogP contribution in [-0.2, 0) is 11.2 Å². The molecule has 1 fully saturated rings. The number of nitrogens with one attached hydrogen (secondary N) is 1. The Morgan fingerprint density at radius 2 is 2.00 bits per heavy atom. The van der Waals surface area contributed by atoms with Crippen LogP contribution in [0.3, 0.4) is 0 Å². The molecule has 3 rings (SSSR count). The van der Waals surface area contributed by atoms with Crippen molar-refractivity contribution in [1.82, 2.24) is 5.32 Å². The summed E-state index contributed by atoms with van der Waals surface area (Å²) in [6.45, 7) is 0. The zero-order valence-corrected chi connectivity index (χ0v) is 11.9. The predicted molar refractivity (Wildman–Crippen MR) is 78.3 cm³/mol. The van der Waals surface area contributed by atoms with E-state index in [1.807, 2.05) is 6.07 Å². The van der Waals surface area contributed by atoms with E-state index < -0.39 is 5.60 Å². The Hall–Kier alpha value is -1.35. The Morgan fingerprint density at radius 3 is 2.80 bits per heavy atom. The molecular formula is C17H23NO2. The van der Waals surface area contributed by atoms with Crippen LogP contribution in [0.2, 0.25) is 0 Å². The van der Waals surface area contributed by atoms with Crippen molar-refractivity contribution in [2.75, 3.05) is 0 Å². The van der Waals surface area contributed by atoms with E-state index in [0.29, 0.717) is 0 Å². The van der Waals surface area contributed by atoms with Gasteiger partial charge < -0.3 is 10.4 Å². The molecule has 0 aromatic heterocycles. The lowest BCUT2D eigenvalue weighted by Gasteiger charge is -2.28. The molecule has 1 saturated carbocycles. The van der Waals surface area contributed by atoms with E-state index in [1.54, 1.807) is 0 Å². The van der Waals surface area contributed by atoms with Crippen molar-refractivity contribution >= 4 is 5.91 Å². The van der Waals surface area contributed by atoms with E-state index >= 15 is 0 Å². The molecule has 1 aromatic carbocycles. The molecule has 20 heavy (non-hydrogen) atoms. The number of aryl methyl sites for hydroxylation is 1. The fraction of sp³-hybridized carbons (Fsp3) is 0.588. The highest BCUT2D eigenvalue weighted by Crippen LogP contribution is 2.33. The van der Waals surface area contributed by atoms with Gasteiger partial charge in [-0.05, 0) is 43.2 Å². The topological polar surface area (TPSA) is 49.3 Å². The summed E-state index contributed by atoms with van der Waals surface area (Å²) in [5.74, 6) is -0.00361. The van der Waals surface area contributed by atoms with E-state index in [2.05, 4.69) is 23.5 Å². The third kappa shape index (κ3) is 2.88. The summed E-state index contributed by atoms with van der Waals surface area (Å²) >= 11 is 0. The molecule has 2 aliphatic carbocycles. The summed E-state index contributed by atoms with van der Waals surface area (Å²) in [6.07, 6.45) is 7.08. The minimum absolute atomic E-state index is 0.00361. The lowest BCUT2D eigenvalue weighted by atomic mass is 9.87. The van der Waals surface area contributed by atoms with Crippen molar-refractivity contribution < 1.29 is 9.90 Å². The second kappa shape index (κ2) is 5.57. The Kier molecular flexibility index (Phi) is 3.79. The van der Waals surface area contributed by atoms with Crippen LogP contribution >= 0.6 is 0 Å². The van der Waals surface area contributed by atoms with Crippen LogP contribution in [0.5, 0.6) is 0 Å². The SMILES string of the molecule is O=C(CC1(O)CCCC1)NC1CCCc2ccccc21. The average Bonchev–Trinajstić information content (AvgIpc) is 2.85. The number of aliphatic hydroxyl groups is 1. The van der Waals surface area contributed by atoms with Gasteiger partial charge in [-0.1, -0.05) is 37.1 Å². The first kappa shape index (κ1) is 13.6. The van der Waals surface area contributed by atoms with Gasteiger partial charge in [0, 0.05) is 0 Å². The minimum Gasteiger partial charge on any atom is -0.389 e. The highest BCUT2D eigenvalue weighted by atomic mass is 16.3. The fourth-order valence-corrected chi connectivity index (χ4v) is 3.66. The van der Waals surface area contributed by atoms with E-state index in [0.717, 1.165) is 44.9 Å². The largest absolute Gasteiger partial charge is 0.389 e. The van der Waals surface area contributed by atoms with Gasteiger partial charge in [-0.15, -0.1) is 0 Å². The molecule has 0 saturated heterocycles. The van der Waals surface area contributed by atoms with E-state index in [9.17, 15) is 9.90 Å². The van der Waals surface area contributed by atoms with E-state index in [4.69, 9.17) is 0 Å². The summed E-state index contributed by atoms with van der Waals surface area (Å²) in [5.41, 5.74) is 1.85. The molecule has 0 bridgehead atoms. The zero-order chi connectivity index (χ0) is 14.0. The number of amides is 1. The molecule has 1 atom stereocenters. The second-order valence-corrected chi connectivity index (χ2v) is 6.32. The lowest BCUT2D eigenvalue weighted by Crippen LogP contribution is -2.37. The quantitative estimate of drug-likeness (QED) is 0.889. The molecule has 1 amide bonds. The number of rotatable bonds is 3. The minimum atomic E-state index is -0.752. The molecule has 3 heteroatoms. The molecule has 2 N–H and O–H groups in total. The second-order valence-electron chi connectivity index (χ2n) is 6.32. The van der Waals surface area contributed by atoms with Crippen molar-refractivity contribution in [2.24, 2.45) is 0 Å². The van der Waals surface area contributed by atoms with Gasteiger partial charge in [-0.25, -0.2) is 0 Å². The molecule has 0 heterocycles. The van der Waals surface area contributed by atoms with Crippen LogP contribution in [0.15, 0.2) is 24.3 Å². The van der Waals surface area contributed by atoms with Gasteiger partial charge in [0.25, 0.3) is 0 Å². The normalized spacial score (nSPS) is 24.1. The third-order valence-electron chi connectivity index (χ3n) is 4.73. The van der Waals surface area contributed by atoms with Crippen molar-refractivity contribution in [3.8, 4) is 0 Å². The van der Waals surface area contributed by atoms with Crippen molar-refractivity contribution in [3.05, 3.63) is 35.4 Å². The number of hydrogen-bond acceptors (Lipinski definition) is 2. The van der Waals surface area contributed by atoms with Crippen LogP contribution < -0.4 is 5.32 Å². The zero-order valence-electron chi connectivity index (χ0n) is 11.9. The van der Waals surface area contributed by atoms with Crippen LogP contribution in [-0.4, -0.2) is 16.6 Å². The Labute approximate surface area is 120 Å². The monoisotopic (exact) mass is 273 g/mol. The first-order valence-corrected chi connectivity index (χ1v) is 7.76. The maximum absolute atomic E-state index is 12.2. The summed E-state index contributed by atoms with van der Waals surface area (Å²) in [4.78, 5) is 12.2. The van der Waals surface area contributed by atoms with Crippen molar-refractivity contribution in [1.29, 1.82) is 0 Å². The summed E-state index contributed by atoms with van der Waals surface area (Å²) in [5, 5.41) is 13.5. The molecule has 108 valence electrons. The van der Waals surface area contributed by atoms with Gasteiger partial charge in [-0.2, -0.15) is 0 Å². The maximum atomic E-state index is 12.2. The van der Waals surface area contributed by atoms with Crippen molar-refractivity contribution in [2.45, 2.75) is 63.0 Å². The fourth-order valence-electron chi connectivity index (χ4n) is 3.66. The number of fused-ring (bicyclic) bond motifs is 1.